The number of carbonyl (C=O) groups is 4. The standard InChI is InChI=1S/2C43H84NO8P/c1-6-8-10-12-14-16-18-20-21-22-24-26-28-30-32-34-36-43(46)52-41(40-51-53(47,48)50-38-37-44(3,4)5)39-49-42(45)35-33-31-29-27-25-23-19-17-15-13-11-9-7-2;1-6-8-10-12-14-16-18-20-22-24-26-28-30-32-34-36-43(46)52-41(40-51-53(47,48)50-38-37-44(3,4)5)39-49-42(45)35-33-31-29-27-25-23-21-19-17-15-13-11-9-7-2/h2*30,32,41H,6-29,31,33-40H2,1-5H3/b2*32-30-. The molecule has 0 heterocycles. The van der Waals surface area contributed by atoms with Crippen LogP contribution < -0.4 is 9.79 Å². The molecule has 0 aromatic carbocycles. The Bertz CT molecular complexity index is 2140. The van der Waals surface area contributed by atoms with Gasteiger partial charge in [0, 0.05) is 25.7 Å². The van der Waals surface area contributed by atoms with Gasteiger partial charge in [0.05, 0.1) is 55.5 Å². The van der Waals surface area contributed by atoms with Gasteiger partial charge in [-0.3, -0.25) is 28.3 Å². The molecule has 20 heteroatoms. The van der Waals surface area contributed by atoms with Crippen LogP contribution in [0.5, 0.6) is 0 Å². The smallest absolute Gasteiger partial charge is 0.306 e. The first-order valence-electron chi connectivity index (χ1n) is 43.8. The number of quaternary nitrogens is 2. The van der Waals surface area contributed by atoms with E-state index in [4.69, 9.17) is 37.0 Å². The molecule has 0 N–H and O–H groups in total. The van der Waals surface area contributed by atoms with Gasteiger partial charge in [-0.15, -0.1) is 0 Å². The number of nitrogens with zero attached hydrogens (tertiary/aromatic N) is 2. The maximum Gasteiger partial charge on any atom is 0.306 e. The van der Waals surface area contributed by atoms with Crippen molar-refractivity contribution in [1.29, 1.82) is 0 Å². The van der Waals surface area contributed by atoms with Gasteiger partial charge in [0.2, 0.25) is 0 Å². The second-order valence-electron chi connectivity index (χ2n) is 32.1. The van der Waals surface area contributed by atoms with E-state index in [9.17, 15) is 38.1 Å². The highest BCUT2D eigenvalue weighted by atomic mass is 31.2. The van der Waals surface area contributed by atoms with Crippen molar-refractivity contribution in [3.63, 3.8) is 0 Å². The van der Waals surface area contributed by atoms with Gasteiger partial charge in [0.1, 0.15) is 39.5 Å². The van der Waals surface area contributed by atoms with Crippen LogP contribution >= 0.6 is 15.6 Å². The van der Waals surface area contributed by atoms with Crippen molar-refractivity contribution in [3.8, 4) is 0 Å². The van der Waals surface area contributed by atoms with E-state index in [1.54, 1.807) is 0 Å². The third kappa shape index (κ3) is 85.5. The average molecular weight is 1550 g/mol. The predicted molar refractivity (Wildman–Crippen MR) is 435 cm³/mol. The minimum absolute atomic E-state index is 0.0333. The molecule has 0 aliphatic heterocycles. The van der Waals surface area contributed by atoms with Crippen molar-refractivity contribution >= 4 is 39.5 Å². The number of carbonyl (C=O) groups excluding carboxylic acids is 4. The molecule has 0 bridgehead atoms. The van der Waals surface area contributed by atoms with Crippen LogP contribution in [0.2, 0.25) is 0 Å². The van der Waals surface area contributed by atoms with Gasteiger partial charge in [-0.2, -0.15) is 0 Å². The Morgan fingerprint density at radius 1 is 0.283 bits per heavy atom. The number of unbranched alkanes of at least 4 members (excludes halogenated alkanes) is 48. The Balaban J connectivity index is 0. The minimum atomic E-state index is -4.63. The van der Waals surface area contributed by atoms with Crippen molar-refractivity contribution in [1.82, 2.24) is 0 Å². The zero-order valence-corrected chi connectivity index (χ0v) is 72.2. The Kier molecular flexibility index (Phi) is 76.2. The summed E-state index contributed by atoms with van der Waals surface area (Å²) in [5.41, 5.74) is 0. The highest BCUT2D eigenvalue weighted by Gasteiger charge is 2.24. The SMILES string of the molecule is CCCCCCCCCCCCC/C=C\CCC(=O)OC(COC(=O)CCCCCCCCCCCCCCCC)COP(=O)([O-])OCC[N+](C)(C)C.CCCCCCCCCCCCCC/C=C\CCC(=O)OC(COC(=O)CCCCCCCCCCCCCCC)COP(=O)([O-])OCC[N+](C)(C)C. The molecular formula is C86H168N2O16P2. The number of hydrogen-bond acceptors (Lipinski definition) is 16. The minimum Gasteiger partial charge on any atom is -0.756 e. The second kappa shape index (κ2) is 76.5. The largest absolute Gasteiger partial charge is 0.756 e. The Morgan fingerprint density at radius 3 is 0.736 bits per heavy atom. The molecule has 0 radical (unpaired) electrons. The van der Waals surface area contributed by atoms with E-state index in [2.05, 4.69) is 39.8 Å². The number of phosphoric ester groups is 2. The summed E-state index contributed by atoms with van der Waals surface area (Å²) in [6.07, 6.45) is 73.5. The van der Waals surface area contributed by atoms with Crippen LogP contribution in [0.1, 0.15) is 400 Å². The fourth-order valence-corrected chi connectivity index (χ4v) is 13.6. The monoisotopic (exact) mass is 1550 g/mol. The van der Waals surface area contributed by atoms with Gasteiger partial charge in [-0.1, -0.05) is 347 Å². The van der Waals surface area contributed by atoms with Crippen LogP contribution in [0, 0.1) is 0 Å². The molecule has 18 nitrogen and oxygen atoms in total. The lowest BCUT2D eigenvalue weighted by Gasteiger charge is -2.28. The Morgan fingerprint density at radius 2 is 0.500 bits per heavy atom. The summed E-state index contributed by atoms with van der Waals surface area (Å²) in [5, 5.41) is 0. The van der Waals surface area contributed by atoms with E-state index in [1.807, 2.05) is 54.4 Å². The number of hydrogen-bond donors (Lipinski definition) is 0. The van der Waals surface area contributed by atoms with Crippen molar-refractivity contribution in [2.45, 2.75) is 412 Å². The first-order valence-corrected chi connectivity index (χ1v) is 46.7. The third-order valence-electron chi connectivity index (χ3n) is 19.1. The van der Waals surface area contributed by atoms with Gasteiger partial charge < -0.3 is 55.8 Å². The van der Waals surface area contributed by atoms with Gasteiger partial charge in [-0.05, 0) is 51.4 Å². The number of esters is 4. The number of rotatable bonds is 80. The number of allylic oxidation sites excluding steroid dienone is 4. The summed E-state index contributed by atoms with van der Waals surface area (Å²) < 4.78 is 67.6. The van der Waals surface area contributed by atoms with Crippen molar-refractivity contribution in [2.24, 2.45) is 0 Å². The molecular weight excluding hydrogens is 1380 g/mol. The molecule has 106 heavy (non-hydrogen) atoms. The van der Waals surface area contributed by atoms with E-state index in [0.717, 1.165) is 64.2 Å². The highest BCUT2D eigenvalue weighted by molar-refractivity contribution is 7.46. The summed E-state index contributed by atoms with van der Waals surface area (Å²) >= 11 is 0. The first kappa shape index (κ1) is 106. The quantitative estimate of drug-likeness (QED) is 0.0138. The molecule has 0 saturated heterocycles. The molecule has 0 fully saturated rings. The third-order valence-corrected chi connectivity index (χ3v) is 21.0. The van der Waals surface area contributed by atoms with Crippen LogP contribution in [0.4, 0.5) is 0 Å². The molecule has 0 aromatic heterocycles. The Labute approximate surface area is 652 Å². The van der Waals surface area contributed by atoms with E-state index in [1.165, 1.54) is 270 Å². The molecule has 0 aromatic rings. The van der Waals surface area contributed by atoms with Crippen molar-refractivity contribution in [2.75, 3.05) is 95.0 Å². The van der Waals surface area contributed by atoms with Crippen LogP contribution in [-0.2, 0) is 65.4 Å². The lowest BCUT2D eigenvalue weighted by Crippen LogP contribution is -2.37. The zero-order valence-electron chi connectivity index (χ0n) is 70.5. The molecule has 0 amide bonds. The lowest BCUT2D eigenvalue weighted by atomic mass is 10.0. The summed E-state index contributed by atoms with van der Waals surface area (Å²) in [6, 6.07) is 0. The summed E-state index contributed by atoms with van der Waals surface area (Å²) in [7, 11) is 2.31. The second-order valence-corrected chi connectivity index (χ2v) is 35.0. The topological polar surface area (TPSA) is 222 Å². The zero-order chi connectivity index (χ0) is 78.6. The fourth-order valence-electron chi connectivity index (χ4n) is 12.2. The van der Waals surface area contributed by atoms with Crippen molar-refractivity contribution in [3.05, 3.63) is 24.3 Å². The van der Waals surface area contributed by atoms with Crippen LogP contribution in [0.15, 0.2) is 24.3 Å². The first-order chi connectivity index (χ1) is 51.0. The van der Waals surface area contributed by atoms with E-state index in [0.29, 0.717) is 34.9 Å². The molecule has 0 rings (SSSR count). The van der Waals surface area contributed by atoms with Crippen molar-refractivity contribution < 1.29 is 84.1 Å². The van der Waals surface area contributed by atoms with E-state index in [-0.39, 0.29) is 64.0 Å². The summed E-state index contributed by atoms with van der Waals surface area (Å²) in [6.45, 7) is 8.41. The predicted octanol–water partition coefficient (Wildman–Crippen LogP) is 23.1. The van der Waals surface area contributed by atoms with Gasteiger partial charge in [-0.25, -0.2) is 0 Å². The van der Waals surface area contributed by atoms with E-state index >= 15 is 0 Å². The number of ether oxygens (including phenoxy) is 4. The maximum absolute atomic E-state index is 12.6. The molecule has 4 unspecified atom stereocenters. The van der Waals surface area contributed by atoms with Gasteiger partial charge >= 0.3 is 23.9 Å². The van der Waals surface area contributed by atoms with Crippen LogP contribution in [0.3, 0.4) is 0 Å². The maximum atomic E-state index is 12.6. The molecule has 0 spiro atoms. The Hall–Kier alpha value is -2.50. The fraction of sp³-hybridized carbons (Fsp3) is 0.907. The summed E-state index contributed by atoms with van der Waals surface area (Å²) in [4.78, 5) is 74.9. The normalized spacial score (nSPS) is 13.7. The highest BCUT2D eigenvalue weighted by Crippen LogP contribution is 2.39. The number of phosphoric acid groups is 2. The molecule has 628 valence electrons. The molecule has 4 atom stereocenters. The molecule has 0 aliphatic carbocycles. The molecule has 0 aliphatic rings. The van der Waals surface area contributed by atoms with Gasteiger partial charge in [0.15, 0.2) is 12.2 Å². The van der Waals surface area contributed by atoms with Crippen LogP contribution in [0.25, 0.3) is 0 Å². The number of likely N-dealkylation sites (N-methyl/N-ethyl adjacent to an activating group) is 2. The van der Waals surface area contributed by atoms with E-state index < -0.39 is 53.0 Å². The summed E-state index contributed by atoms with van der Waals surface area (Å²) in [5.74, 6) is -1.76. The lowest BCUT2D eigenvalue weighted by molar-refractivity contribution is -0.870. The average Bonchev–Trinajstić information content (AvgIpc) is 0.909. The van der Waals surface area contributed by atoms with Crippen LogP contribution in [-0.4, -0.2) is 140 Å². The van der Waals surface area contributed by atoms with Gasteiger partial charge in [0.25, 0.3) is 15.6 Å². The molecule has 0 saturated carbocycles.